The molecule has 0 unspecified atom stereocenters. The van der Waals surface area contributed by atoms with Gasteiger partial charge in [-0.25, -0.2) is 4.98 Å². The monoisotopic (exact) mass is 396 g/mol. The Morgan fingerprint density at radius 2 is 2.22 bits per heavy atom. The predicted molar refractivity (Wildman–Crippen MR) is 111 cm³/mol. The van der Waals surface area contributed by atoms with Gasteiger partial charge in [-0.3, -0.25) is 9.69 Å². The van der Waals surface area contributed by atoms with Crippen LogP contribution in [-0.4, -0.2) is 26.0 Å². The van der Waals surface area contributed by atoms with E-state index in [9.17, 15) is 4.79 Å². The van der Waals surface area contributed by atoms with Gasteiger partial charge in [0, 0.05) is 34.8 Å². The van der Waals surface area contributed by atoms with E-state index >= 15 is 0 Å². The van der Waals surface area contributed by atoms with Gasteiger partial charge in [-0.15, -0.1) is 22.7 Å². The average molecular weight is 397 g/mol. The van der Waals surface area contributed by atoms with E-state index in [1.54, 1.807) is 22.7 Å². The number of aromatic amines is 1. The van der Waals surface area contributed by atoms with Crippen molar-refractivity contribution in [3.05, 3.63) is 63.1 Å². The van der Waals surface area contributed by atoms with E-state index in [1.807, 2.05) is 22.9 Å². The number of likely N-dealkylation sites (tertiary alicyclic amines) is 1. The van der Waals surface area contributed by atoms with Gasteiger partial charge in [-0.05, 0) is 43.0 Å². The summed E-state index contributed by atoms with van der Waals surface area (Å²) in [5.41, 5.74) is 2.29. The Morgan fingerprint density at radius 1 is 1.30 bits per heavy atom. The number of nitrogens with zero attached hydrogens (tertiary/aromatic N) is 3. The zero-order chi connectivity index (χ0) is 18.4. The summed E-state index contributed by atoms with van der Waals surface area (Å²) in [5.74, 6) is 0.758. The highest BCUT2D eigenvalue weighted by molar-refractivity contribution is 7.18. The average Bonchev–Trinajstić information content (AvgIpc) is 3.41. The molecule has 0 spiro atoms. The smallest absolute Gasteiger partial charge is 0.260 e. The molecule has 1 aliphatic rings. The lowest BCUT2D eigenvalue weighted by Gasteiger charge is -2.24. The fourth-order valence-corrected chi connectivity index (χ4v) is 5.83. The molecule has 5 nitrogen and oxygen atoms in total. The first-order valence-electron chi connectivity index (χ1n) is 9.10. The molecule has 1 atom stereocenters. The van der Waals surface area contributed by atoms with Crippen LogP contribution in [0.25, 0.3) is 20.7 Å². The zero-order valence-corrected chi connectivity index (χ0v) is 16.6. The van der Waals surface area contributed by atoms with Crippen molar-refractivity contribution in [2.45, 2.75) is 25.4 Å². The molecule has 4 aromatic heterocycles. The fourth-order valence-electron chi connectivity index (χ4n) is 4.04. The van der Waals surface area contributed by atoms with Crippen molar-refractivity contribution in [3.63, 3.8) is 0 Å². The highest BCUT2D eigenvalue weighted by atomic mass is 32.1. The van der Waals surface area contributed by atoms with Crippen LogP contribution < -0.4 is 5.56 Å². The first-order valence-corrected chi connectivity index (χ1v) is 10.9. The minimum absolute atomic E-state index is 0.0331. The zero-order valence-electron chi connectivity index (χ0n) is 15.0. The lowest BCUT2D eigenvalue weighted by molar-refractivity contribution is 0.235. The Morgan fingerprint density at radius 3 is 3.00 bits per heavy atom. The standard InChI is InChI=1S/C20H20N4OS2/c1-23-8-2-5-14(23)15-6-3-9-24(15)11-17-21-19(25)18-13(12-27-20(18)22-17)16-7-4-10-26-16/h2,4-5,7-8,10,12,15H,3,6,9,11H2,1H3,(H,21,22,25)/t15-/m1/s1. The van der Waals surface area contributed by atoms with Crippen molar-refractivity contribution in [2.24, 2.45) is 7.05 Å². The van der Waals surface area contributed by atoms with Crippen LogP contribution in [0.4, 0.5) is 0 Å². The van der Waals surface area contributed by atoms with Crippen molar-refractivity contribution in [1.82, 2.24) is 19.4 Å². The third-order valence-electron chi connectivity index (χ3n) is 5.32. The molecule has 1 fully saturated rings. The molecular weight excluding hydrogens is 376 g/mol. The molecule has 27 heavy (non-hydrogen) atoms. The number of fused-ring (bicyclic) bond motifs is 1. The Hall–Kier alpha value is -2.22. The van der Waals surface area contributed by atoms with Crippen molar-refractivity contribution >= 4 is 32.9 Å². The first-order chi connectivity index (χ1) is 13.2. The van der Waals surface area contributed by atoms with Crippen molar-refractivity contribution in [3.8, 4) is 10.4 Å². The SMILES string of the molecule is Cn1cccc1[C@H]1CCCN1Cc1nc2scc(-c3cccs3)c2c(=O)[nH]1. The molecule has 0 aliphatic carbocycles. The summed E-state index contributed by atoms with van der Waals surface area (Å²) in [7, 11) is 2.09. The van der Waals surface area contributed by atoms with Crippen LogP contribution in [0.1, 0.15) is 30.4 Å². The topological polar surface area (TPSA) is 53.9 Å². The van der Waals surface area contributed by atoms with Crippen molar-refractivity contribution in [2.75, 3.05) is 6.54 Å². The lowest BCUT2D eigenvalue weighted by Crippen LogP contribution is -2.26. The minimum atomic E-state index is -0.0331. The normalized spacial score (nSPS) is 17.9. The number of nitrogens with one attached hydrogen (secondary N) is 1. The van der Waals surface area contributed by atoms with Gasteiger partial charge in [0.1, 0.15) is 10.7 Å². The third kappa shape index (κ3) is 2.96. The van der Waals surface area contributed by atoms with E-state index in [-0.39, 0.29) is 5.56 Å². The Bertz CT molecular complexity index is 1140. The molecule has 5 heterocycles. The van der Waals surface area contributed by atoms with Crippen LogP contribution in [0.5, 0.6) is 0 Å². The molecule has 1 N–H and O–H groups in total. The van der Waals surface area contributed by atoms with Gasteiger partial charge in [0.05, 0.1) is 18.0 Å². The maximum Gasteiger partial charge on any atom is 0.260 e. The number of aryl methyl sites for hydroxylation is 1. The van der Waals surface area contributed by atoms with E-state index in [1.165, 1.54) is 12.1 Å². The minimum Gasteiger partial charge on any atom is -0.353 e. The van der Waals surface area contributed by atoms with Crippen molar-refractivity contribution < 1.29 is 0 Å². The largest absolute Gasteiger partial charge is 0.353 e. The van der Waals surface area contributed by atoms with Crippen LogP contribution in [0.3, 0.4) is 0 Å². The summed E-state index contributed by atoms with van der Waals surface area (Å²) < 4.78 is 2.19. The predicted octanol–water partition coefficient (Wildman–Crippen LogP) is 4.39. The van der Waals surface area contributed by atoms with Crippen LogP contribution in [0.2, 0.25) is 0 Å². The van der Waals surface area contributed by atoms with Crippen LogP contribution >= 0.6 is 22.7 Å². The van der Waals surface area contributed by atoms with Gasteiger partial charge >= 0.3 is 0 Å². The molecule has 0 saturated carbocycles. The summed E-state index contributed by atoms with van der Waals surface area (Å²) in [6.45, 7) is 1.70. The molecule has 4 aromatic rings. The number of H-pyrrole nitrogens is 1. The fraction of sp³-hybridized carbons (Fsp3) is 0.300. The Labute approximate surface area is 164 Å². The van der Waals surface area contributed by atoms with E-state index in [2.05, 4.69) is 39.8 Å². The van der Waals surface area contributed by atoms with Crippen LogP contribution in [0.15, 0.2) is 46.0 Å². The summed E-state index contributed by atoms with van der Waals surface area (Å²) in [4.78, 5) is 25.0. The molecule has 0 radical (unpaired) electrons. The number of thiophene rings is 2. The molecule has 138 valence electrons. The van der Waals surface area contributed by atoms with Crippen LogP contribution in [-0.2, 0) is 13.6 Å². The molecule has 0 bridgehead atoms. The Balaban J connectivity index is 1.48. The maximum absolute atomic E-state index is 12.8. The maximum atomic E-state index is 12.8. The highest BCUT2D eigenvalue weighted by Crippen LogP contribution is 2.35. The summed E-state index contributed by atoms with van der Waals surface area (Å²) in [6.07, 6.45) is 4.41. The van der Waals surface area contributed by atoms with E-state index in [4.69, 9.17) is 4.98 Å². The summed E-state index contributed by atoms with van der Waals surface area (Å²) >= 11 is 3.20. The van der Waals surface area contributed by atoms with Crippen molar-refractivity contribution in [1.29, 1.82) is 0 Å². The van der Waals surface area contributed by atoms with Gasteiger partial charge in [0.25, 0.3) is 5.56 Å². The lowest BCUT2D eigenvalue weighted by atomic mass is 10.1. The number of hydrogen-bond acceptors (Lipinski definition) is 5. The van der Waals surface area contributed by atoms with Gasteiger partial charge in [-0.1, -0.05) is 6.07 Å². The molecule has 1 aliphatic heterocycles. The first kappa shape index (κ1) is 16.9. The van der Waals surface area contributed by atoms with Crippen LogP contribution in [0, 0.1) is 0 Å². The second kappa shape index (κ2) is 6.74. The highest BCUT2D eigenvalue weighted by Gasteiger charge is 2.28. The number of hydrogen-bond donors (Lipinski definition) is 1. The summed E-state index contributed by atoms with van der Waals surface area (Å²) in [6, 6.07) is 8.73. The molecular formula is C20H20N4OS2. The van der Waals surface area contributed by atoms with Gasteiger partial charge < -0.3 is 9.55 Å². The van der Waals surface area contributed by atoms with E-state index in [0.717, 1.165) is 34.1 Å². The second-order valence-electron chi connectivity index (χ2n) is 6.99. The molecule has 5 rings (SSSR count). The van der Waals surface area contributed by atoms with Gasteiger partial charge in [-0.2, -0.15) is 0 Å². The van der Waals surface area contributed by atoms with Gasteiger partial charge in [0.15, 0.2) is 0 Å². The number of rotatable bonds is 4. The van der Waals surface area contributed by atoms with E-state index in [0.29, 0.717) is 18.0 Å². The molecule has 7 heteroatoms. The number of aromatic nitrogens is 3. The van der Waals surface area contributed by atoms with E-state index < -0.39 is 0 Å². The quantitative estimate of drug-likeness (QED) is 0.557. The van der Waals surface area contributed by atoms with Gasteiger partial charge in [0.2, 0.25) is 0 Å². The molecule has 1 saturated heterocycles. The Kier molecular flexibility index (Phi) is 4.22. The second-order valence-corrected chi connectivity index (χ2v) is 8.80. The molecule has 0 aromatic carbocycles. The summed E-state index contributed by atoms with van der Waals surface area (Å²) in [5, 5.41) is 4.79. The molecule has 0 amide bonds. The third-order valence-corrected chi connectivity index (χ3v) is 7.10.